The molecule has 0 saturated heterocycles. The average molecular weight is 421 g/mol. The normalized spacial score (nSPS) is 12.3. The fraction of sp³-hybridized carbons (Fsp3) is 0.250. The molecule has 0 unspecified atom stereocenters. The molecule has 4 aromatic heterocycles. The SMILES string of the molecule is CSc1ccc2nc(C)c(S(=O)(=O)c3c(C)nc4ccc(SC)nn34)n2n1. The van der Waals surface area contributed by atoms with Crippen LogP contribution in [0.2, 0.25) is 0 Å². The molecule has 8 nitrogen and oxygen atoms in total. The molecule has 0 aliphatic carbocycles. The summed E-state index contributed by atoms with van der Waals surface area (Å²) in [4.78, 5) is 8.73. The van der Waals surface area contributed by atoms with Crippen LogP contribution in [-0.2, 0) is 9.84 Å². The van der Waals surface area contributed by atoms with Crippen molar-refractivity contribution >= 4 is 44.7 Å². The summed E-state index contributed by atoms with van der Waals surface area (Å²) in [5.74, 6) is 0. The molecule has 0 amide bonds. The summed E-state index contributed by atoms with van der Waals surface area (Å²) in [5, 5.41) is 10.3. The van der Waals surface area contributed by atoms with Crippen LogP contribution in [0.5, 0.6) is 0 Å². The van der Waals surface area contributed by atoms with Gasteiger partial charge in [-0.25, -0.2) is 27.4 Å². The molecule has 0 aliphatic rings. The smallest absolute Gasteiger partial charge is 0.231 e. The third-order valence-corrected chi connectivity index (χ3v) is 7.30. The van der Waals surface area contributed by atoms with Gasteiger partial charge in [-0.05, 0) is 50.6 Å². The monoisotopic (exact) mass is 420 g/mol. The number of hydrogen-bond acceptors (Lipinski definition) is 8. The Hall–Kier alpha value is -2.11. The highest BCUT2D eigenvalue weighted by molar-refractivity contribution is 7.98. The highest BCUT2D eigenvalue weighted by Crippen LogP contribution is 2.28. The van der Waals surface area contributed by atoms with Crippen LogP contribution < -0.4 is 0 Å². The average Bonchev–Trinajstić information content (AvgIpc) is 3.15. The van der Waals surface area contributed by atoms with Gasteiger partial charge in [-0.1, -0.05) is 0 Å². The van der Waals surface area contributed by atoms with E-state index in [1.807, 2.05) is 24.6 Å². The standard InChI is InChI=1S/C16H16N6O2S3/c1-9-15(21-11(17-9)5-7-13(19-21)25-3)27(23,24)16-10(2)18-12-6-8-14(26-4)20-22(12)16/h5-8H,1-4H3. The van der Waals surface area contributed by atoms with Gasteiger partial charge in [0.05, 0.1) is 11.4 Å². The van der Waals surface area contributed by atoms with Crippen molar-refractivity contribution in [3.8, 4) is 0 Å². The molecule has 4 aromatic rings. The maximum Gasteiger partial charge on any atom is 0.245 e. The summed E-state index contributed by atoms with van der Waals surface area (Å²) in [6, 6.07) is 7.15. The van der Waals surface area contributed by atoms with Gasteiger partial charge in [0.15, 0.2) is 21.3 Å². The van der Waals surface area contributed by atoms with Crippen molar-refractivity contribution in [1.82, 2.24) is 29.2 Å². The van der Waals surface area contributed by atoms with Gasteiger partial charge in [-0.15, -0.1) is 23.5 Å². The van der Waals surface area contributed by atoms with E-state index in [9.17, 15) is 8.42 Å². The molecule has 27 heavy (non-hydrogen) atoms. The molecule has 0 aliphatic heterocycles. The zero-order valence-electron chi connectivity index (χ0n) is 15.0. The molecule has 0 radical (unpaired) electrons. The molecular weight excluding hydrogens is 404 g/mol. The predicted molar refractivity (Wildman–Crippen MR) is 104 cm³/mol. The Morgan fingerprint density at radius 1 is 0.778 bits per heavy atom. The molecule has 0 saturated carbocycles. The molecule has 0 aromatic carbocycles. The van der Waals surface area contributed by atoms with Gasteiger partial charge in [-0.3, -0.25) is 0 Å². The van der Waals surface area contributed by atoms with E-state index in [0.717, 1.165) is 0 Å². The lowest BCUT2D eigenvalue weighted by molar-refractivity contribution is 0.575. The molecule has 0 spiro atoms. The molecule has 0 fully saturated rings. The first-order valence-corrected chi connectivity index (χ1v) is 11.9. The summed E-state index contributed by atoms with van der Waals surface area (Å²) in [6.45, 7) is 3.33. The fourth-order valence-electron chi connectivity index (χ4n) is 2.94. The molecule has 11 heteroatoms. The summed E-state index contributed by atoms with van der Waals surface area (Å²) in [6.07, 6.45) is 3.77. The van der Waals surface area contributed by atoms with E-state index in [1.165, 1.54) is 32.6 Å². The number of rotatable bonds is 4. The summed E-state index contributed by atoms with van der Waals surface area (Å²) in [5.41, 5.74) is 1.73. The number of imidazole rings is 2. The van der Waals surface area contributed by atoms with E-state index >= 15 is 0 Å². The third kappa shape index (κ3) is 2.80. The third-order valence-electron chi connectivity index (χ3n) is 4.08. The Morgan fingerprint density at radius 3 is 1.56 bits per heavy atom. The second-order valence-corrected chi connectivity index (χ2v) is 9.23. The van der Waals surface area contributed by atoms with E-state index in [4.69, 9.17) is 0 Å². The Labute approximate surface area is 164 Å². The van der Waals surface area contributed by atoms with Crippen LogP contribution in [0.25, 0.3) is 11.3 Å². The number of thioether (sulfide) groups is 2. The second-order valence-electron chi connectivity index (χ2n) is 5.80. The van der Waals surface area contributed by atoms with Gasteiger partial charge < -0.3 is 0 Å². The van der Waals surface area contributed by atoms with Gasteiger partial charge in [0.1, 0.15) is 10.1 Å². The van der Waals surface area contributed by atoms with E-state index in [1.54, 1.807) is 26.0 Å². The van der Waals surface area contributed by atoms with Gasteiger partial charge in [0.25, 0.3) is 0 Å². The lowest BCUT2D eigenvalue weighted by Crippen LogP contribution is -2.13. The maximum atomic E-state index is 13.6. The largest absolute Gasteiger partial charge is 0.245 e. The highest BCUT2D eigenvalue weighted by Gasteiger charge is 2.32. The number of nitrogens with zero attached hydrogens (tertiary/aromatic N) is 6. The Morgan fingerprint density at radius 2 is 1.19 bits per heavy atom. The van der Waals surface area contributed by atoms with Crippen molar-refractivity contribution in [2.24, 2.45) is 0 Å². The van der Waals surface area contributed by atoms with Crippen molar-refractivity contribution in [1.29, 1.82) is 0 Å². The molecule has 0 bridgehead atoms. The van der Waals surface area contributed by atoms with Crippen molar-refractivity contribution in [2.45, 2.75) is 34.0 Å². The lowest BCUT2D eigenvalue weighted by Gasteiger charge is -2.07. The summed E-state index contributed by atoms with van der Waals surface area (Å²) < 4.78 is 30.0. The molecule has 140 valence electrons. The Balaban J connectivity index is 2.05. The van der Waals surface area contributed by atoms with E-state index in [0.29, 0.717) is 32.7 Å². The topological polar surface area (TPSA) is 94.5 Å². The van der Waals surface area contributed by atoms with E-state index < -0.39 is 9.84 Å². The number of aryl methyl sites for hydroxylation is 2. The number of sulfone groups is 1. The quantitative estimate of drug-likeness (QED) is 0.465. The molecule has 0 atom stereocenters. The first-order valence-electron chi connectivity index (χ1n) is 7.92. The first-order chi connectivity index (χ1) is 12.9. The van der Waals surface area contributed by atoms with E-state index in [2.05, 4.69) is 20.2 Å². The summed E-state index contributed by atoms with van der Waals surface area (Å²) >= 11 is 2.87. The van der Waals surface area contributed by atoms with Crippen LogP contribution in [-0.4, -0.2) is 50.1 Å². The Bertz CT molecular complexity index is 1200. The van der Waals surface area contributed by atoms with Crippen LogP contribution in [0.15, 0.2) is 44.4 Å². The molecule has 0 N–H and O–H groups in total. The number of hydrogen-bond donors (Lipinski definition) is 0. The van der Waals surface area contributed by atoms with Crippen molar-refractivity contribution in [3.05, 3.63) is 35.7 Å². The van der Waals surface area contributed by atoms with Crippen LogP contribution in [0.1, 0.15) is 11.4 Å². The number of fused-ring (bicyclic) bond motifs is 2. The number of aromatic nitrogens is 6. The van der Waals surface area contributed by atoms with Gasteiger partial charge in [0.2, 0.25) is 9.84 Å². The van der Waals surface area contributed by atoms with Crippen molar-refractivity contribution in [2.75, 3.05) is 12.5 Å². The fourth-order valence-corrected chi connectivity index (χ4v) is 5.45. The zero-order chi connectivity index (χ0) is 19.3. The second kappa shape index (κ2) is 6.50. The first kappa shape index (κ1) is 18.3. The minimum Gasteiger partial charge on any atom is -0.231 e. The Kier molecular flexibility index (Phi) is 4.40. The molecule has 4 rings (SSSR count). The minimum absolute atomic E-state index is 0.0367. The molecular formula is C16H16N6O2S3. The highest BCUT2D eigenvalue weighted by atomic mass is 32.2. The maximum absolute atomic E-state index is 13.6. The van der Waals surface area contributed by atoms with Gasteiger partial charge in [-0.2, -0.15) is 10.2 Å². The van der Waals surface area contributed by atoms with Crippen molar-refractivity contribution in [3.63, 3.8) is 0 Å². The van der Waals surface area contributed by atoms with Crippen LogP contribution in [0, 0.1) is 13.8 Å². The van der Waals surface area contributed by atoms with E-state index in [-0.39, 0.29) is 10.1 Å². The lowest BCUT2D eigenvalue weighted by atomic mass is 10.5. The minimum atomic E-state index is -3.96. The van der Waals surface area contributed by atoms with Crippen LogP contribution >= 0.6 is 23.5 Å². The van der Waals surface area contributed by atoms with Crippen molar-refractivity contribution < 1.29 is 8.42 Å². The van der Waals surface area contributed by atoms with Gasteiger partial charge in [0, 0.05) is 0 Å². The van der Waals surface area contributed by atoms with Gasteiger partial charge >= 0.3 is 0 Å². The van der Waals surface area contributed by atoms with Crippen LogP contribution in [0.3, 0.4) is 0 Å². The van der Waals surface area contributed by atoms with Crippen LogP contribution in [0.4, 0.5) is 0 Å². The predicted octanol–water partition coefficient (Wildman–Crippen LogP) is 2.67. The summed E-state index contributed by atoms with van der Waals surface area (Å²) in [7, 11) is -3.96. The zero-order valence-corrected chi connectivity index (χ0v) is 17.5. The molecule has 4 heterocycles.